The van der Waals surface area contributed by atoms with Crippen molar-refractivity contribution in [1.29, 1.82) is 0 Å². The normalized spacial score (nSPS) is 26.5. The number of aryl methyl sites for hydroxylation is 1. The minimum atomic E-state index is -0.990. The second-order valence-electron chi connectivity index (χ2n) is 5.51. The number of phenolic OH excluding ortho intramolecular Hbond substituents is 1. The zero-order valence-corrected chi connectivity index (χ0v) is 11.6. The first-order chi connectivity index (χ1) is 8.74. The van der Waals surface area contributed by atoms with E-state index in [9.17, 15) is 14.7 Å². The summed E-state index contributed by atoms with van der Waals surface area (Å²) in [6.45, 7) is 6.82. The van der Waals surface area contributed by atoms with Crippen molar-refractivity contribution in [3.8, 4) is 5.75 Å². The van der Waals surface area contributed by atoms with Crippen LogP contribution in [0.1, 0.15) is 37.8 Å². The molecule has 1 aromatic carbocycles. The summed E-state index contributed by atoms with van der Waals surface area (Å²) in [5.41, 5.74) is 0.392. The molecular formula is C15H18O4. The average molecular weight is 262 g/mol. The van der Waals surface area contributed by atoms with Gasteiger partial charge < -0.3 is 9.84 Å². The van der Waals surface area contributed by atoms with Crippen LogP contribution in [0.4, 0.5) is 0 Å². The second kappa shape index (κ2) is 4.46. The number of hydrogen-bond acceptors (Lipinski definition) is 4. The fourth-order valence-electron chi connectivity index (χ4n) is 2.50. The quantitative estimate of drug-likeness (QED) is 0.787. The third-order valence-electron chi connectivity index (χ3n) is 3.59. The van der Waals surface area contributed by atoms with E-state index in [2.05, 4.69) is 0 Å². The minimum Gasteiger partial charge on any atom is -0.508 e. The van der Waals surface area contributed by atoms with Gasteiger partial charge in [-0.05, 0) is 51.0 Å². The Morgan fingerprint density at radius 1 is 1.26 bits per heavy atom. The SMILES string of the molecule is Cc1ccc(O)cc1C1C(=O)C(C)OC(C)(C)C1=O. The fraction of sp³-hybridized carbons (Fsp3) is 0.467. The molecule has 2 rings (SSSR count). The Bertz CT molecular complexity index is 545. The highest BCUT2D eigenvalue weighted by Gasteiger charge is 2.47. The summed E-state index contributed by atoms with van der Waals surface area (Å²) in [7, 11) is 0. The number of ether oxygens (including phenoxy) is 1. The van der Waals surface area contributed by atoms with Crippen molar-refractivity contribution in [3.05, 3.63) is 29.3 Å². The van der Waals surface area contributed by atoms with Gasteiger partial charge in [0, 0.05) is 0 Å². The molecule has 102 valence electrons. The number of ketones is 2. The summed E-state index contributed by atoms with van der Waals surface area (Å²) in [6.07, 6.45) is -0.626. The molecule has 2 unspecified atom stereocenters. The van der Waals surface area contributed by atoms with Crippen LogP contribution in [-0.2, 0) is 14.3 Å². The Balaban J connectivity index is 2.54. The van der Waals surface area contributed by atoms with Crippen molar-refractivity contribution >= 4 is 11.6 Å². The Hall–Kier alpha value is -1.68. The summed E-state index contributed by atoms with van der Waals surface area (Å²) in [4.78, 5) is 24.7. The lowest BCUT2D eigenvalue weighted by Gasteiger charge is -2.37. The number of rotatable bonds is 1. The van der Waals surface area contributed by atoms with Crippen LogP contribution in [-0.4, -0.2) is 28.4 Å². The molecule has 0 saturated carbocycles. The molecule has 0 aliphatic carbocycles. The van der Waals surface area contributed by atoms with Crippen molar-refractivity contribution in [2.75, 3.05) is 0 Å². The van der Waals surface area contributed by atoms with Gasteiger partial charge in [0.15, 0.2) is 11.6 Å². The Morgan fingerprint density at radius 2 is 1.89 bits per heavy atom. The van der Waals surface area contributed by atoms with Gasteiger partial charge >= 0.3 is 0 Å². The van der Waals surface area contributed by atoms with Crippen molar-refractivity contribution in [2.24, 2.45) is 0 Å². The van der Waals surface area contributed by atoms with Gasteiger partial charge in [-0.3, -0.25) is 9.59 Å². The highest BCUT2D eigenvalue weighted by atomic mass is 16.5. The molecule has 1 aliphatic heterocycles. The maximum Gasteiger partial charge on any atom is 0.179 e. The van der Waals surface area contributed by atoms with Crippen LogP contribution in [0.25, 0.3) is 0 Å². The van der Waals surface area contributed by atoms with E-state index in [1.54, 1.807) is 32.9 Å². The Kier molecular flexibility index (Phi) is 3.22. The number of carbonyl (C=O) groups excluding carboxylic acids is 2. The molecular weight excluding hydrogens is 244 g/mol. The summed E-state index contributed by atoms with van der Waals surface area (Å²) in [5.74, 6) is -1.31. The van der Waals surface area contributed by atoms with Crippen LogP contribution >= 0.6 is 0 Å². The Morgan fingerprint density at radius 3 is 2.53 bits per heavy atom. The van der Waals surface area contributed by atoms with Crippen molar-refractivity contribution in [3.63, 3.8) is 0 Å². The summed E-state index contributed by atoms with van der Waals surface area (Å²) >= 11 is 0. The van der Waals surface area contributed by atoms with E-state index < -0.39 is 17.6 Å². The number of aromatic hydroxyl groups is 1. The molecule has 0 radical (unpaired) electrons. The number of carbonyl (C=O) groups is 2. The third kappa shape index (κ3) is 2.28. The molecule has 1 aliphatic rings. The molecule has 4 nitrogen and oxygen atoms in total. The molecule has 0 spiro atoms. The largest absolute Gasteiger partial charge is 0.508 e. The van der Waals surface area contributed by atoms with Crippen molar-refractivity contribution in [2.45, 2.75) is 45.3 Å². The first-order valence-electron chi connectivity index (χ1n) is 6.29. The maximum absolute atomic E-state index is 12.4. The lowest BCUT2D eigenvalue weighted by Crippen LogP contribution is -2.52. The summed E-state index contributed by atoms with van der Waals surface area (Å²) in [6, 6.07) is 4.74. The van der Waals surface area contributed by atoms with E-state index >= 15 is 0 Å². The first kappa shape index (κ1) is 13.7. The number of Topliss-reactive ketones (excluding diaryl/α,β-unsaturated/α-hetero) is 2. The van der Waals surface area contributed by atoms with Crippen molar-refractivity contribution < 1.29 is 19.4 Å². The highest BCUT2D eigenvalue weighted by molar-refractivity contribution is 6.14. The van der Waals surface area contributed by atoms with Gasteiger partial charge in [0.1, 0.15) is 23.4 Å². The Labute approximate surface area is 112 Å². The maximum atomic E-state index is 12.4. The molecule has 0 amide bonds. The molecule has 2 atom stereocenters. The predicted molar refractivity (Wildman–Crippen MR) is 70.2 cm³/mol. The number of phenols is 1. The summed E-state index contributed by atoms with van der Waals surface area (Å²) in [5, 5.41) is 9.58. The topological polar surface area (TPSA) is 63.6 Å². The standard InChI is InChI=1S/C15H18O4/c1-8-5-6-10(16)7-11(8)12-13(17)9(2)19-15(3,4)14(12)18/h5-7,9,12,16H,1-4H3. The van der Waals surface area contributed by atoms with Crippen LogP contribution < -0.4 is 0 Å². The molecule has 4 heteroatoms. The van der Waals surface area contributed by atoms with Crippen LogP contribution in [0.15, 0.2) is 18.2 Å². The van der Waals surface area contributed by atoms with E-state index in [4.69, 9.17) is 4.74 Å². The number of hydrogen-bond donors (Lipinski definition) is 1. The van der Waals surface area contributed by atoms with E-state index in [-0.39, 0.29) is 17.3 Å². The lowest BCUT2D eigenvalue weighted by atomic mass is 9.78. The second-order valence-corrected chi connectivity index (χ2v) is 5.51. The third-order valence-corrected chi connectivity index (χ3v) is 3.59. The molecule has 0 bridgehead atoms. The molecule has 0 aromatic heterocycles. The van der Waals surface area contributed by atoms with Gasteiger partial charge in [0.2, 0.25) is 0 Å². The summed E-state index contributed by atoms with van der Waals surface area (Å²) < 4.78 is 5.46. The van der Waals surface area contributed by atoms with Crippen LogP contribution in [0.2, 0.25) is 0 Å². The predicted octanol–water partition coefficient (Wildman–Crippen LogP) is 2.12. The molecule has 1 aromatic rings. The zero-order valence-electron chi connectivity index (χ0n) is 11.6. The van der Waals surface area contributed by atoms with Crippen LogP contribution in [0, 0.1) is 6.92 Å². The van der Waals surface area contributed by atoms with Gasteiger partial charge in [-0.2, -0.15) is 0 Å². The highest BCUT2D eigenvalue weighted by Crippen LogP contribution is 2.35. The molecule has 1 saturated heterocycles. The van der Waals surface area contributed by atoms with Gasteiger partial charge in [0.25, 0.3) is 0 Å². The van der Waals surface area contributed by atoms with Gasteiger partial charge in [-0.15, -0.1) is 0 Å². The zero-order chi connectivity index (χ0) is 14.4. The number of benzene rings is 1. The van der Waals surface area contributed by atoms with E-state index in [0.29, 0.717) is 5.56 Å². The fourth-order valence-corrected chi connectivity index (χ4v) is 2.50. The van der Waals surface area contributed by atoms with Crippen LogP contribution in [0.3, 0.4) is 0 Å². The van der Waals surface area contributed by atoms with Gasteiger partial charge in [-0.1, -0.05) is 6.07 Å². The van der Waals surface area contributed by atoms with Crippen molar-refractivity contribution in [1.82, 2.24) is 0 Å². The van der Waals surface area contributed by atoms with E-state index in [1.807, 2.05) is 6.92 Å². The molecule has 1 fully saturated rings. The molecule has 1 heterocycles. The van der Waals surface area contributed by atoms with E-state index in [1.165, 1.54) is 6.07 Å². The monoisotopic (exact) mass is 262 g/mol. The minimum absolute atomic E-state index is 0.0538. The van der Waals surface area contributed by atoms with E-state index in [0.717, 1.165) is 5.56 Å². The molecule has 1 N–H and O–H groups in total. The van der Waals surface area contributed by atoms with Gasteiger partial charge in [-0.25, -0.2) is 0 Å². The molecule has 19 heavy (non-hydrogen) atoms. The lowest BCUT2D eigenvalue weighted by molar-refractivity contribution is -0.168. The first-order valence-corrected chi connectivity index (χ1v) is 6.29. The average Bonchev–Trinajstić information content (AvgIpc) is 2.31. The smallest absolute Gasteiger partial charge is 0.179 e. The van der Waals surface area contributed by atoms with Gasteiger partial charge in [0.05, 0.1) is 0 Å². The van der Waals surface area contributed by atoms with Crippen LogP contribution in [0.5, 0.6) is 5.75 Å².